The van der Waals surface area contributed by atoms with Gasteiger partial charge in [-0.1, -0.05) is 12.1 Å². The van der Waals surface area contributed by atoms with Crippen LogP contribution in [-0.4, -0.2) is 13.0 Å². The zero-order valence-electron chi connectivity index (χ0n) is 9.72. The van der Waals surface area contributed by atoms with Crippen LogP contribution in [0.25, 0.3) is 0 Å². The van der Waals surface area contributed by atoms with Gasteiger partial charge in [0.05, 0.1) is 0 Å². The zero-order valence-corrected chi connectivity index (χ0v) is 9.72. The Morgan fingerprint density at radius 3 is 2.41 bits per heavy atom. The Bertz CT molecular complexity index is 375. The van der Waals surface area contributed by atoms with Crippen molar-refractivity contribution in [3.8, 4) is 0 Å². The molecule has 0 radical (unpaired) electrons. The molecule has 0 saturated heterocycles. The van der Waals surface area contributed by atoms with Gasteiger partial charge in [0, 0.05) is 18.9 Å². The molecule has 1 aromatic carbocycles. The van der Waals surface area contributed by atoms with Crippen molar-refractivity contribution in [2.75, 3.05) is 7.05 Å². The molecule has 2 unspecified atom stereocenters. The van der Waals surface area contributed by atoms with Crippen LogP contribution in [0.2, 0.25) is 0 Å². The van der Waals surface area contributed by atoms with E-state index in [0.717, 1.165) is 5.56 Å². The second-order valence-corrected chi connectivity index (χ2v) is 4.68. The van der Waals surface area contributed by atoms with Gasteiger partial charge in [-0.25, -0.2) is 13.2 Å². The number of hydrogen-bond acceptors (Lipinski definition) is 1. The molecule has 17 heavy (non-hydrogen) atoms. The van der Waals surface area contributed by atoms with E-state index in [2.05, 4.69) is 5.32 Å². The van der Waals surface area contributed by atoms with Crippen LogP contribution in [0.15, 0.2) is 24.3 Å². The van der Waals surface area contributed by atoms with Crippen molar-refractivity contribution < 1.29 is 13.2 Å². The van der Waals surface area contributed by atoms with Crippen molar-refractivity contribution in [2.45, 2.75) is 31.2 Å². The summed E-state index contributed by atoms with van der Waals surface area (Å²) in [5, 5.41) is 3.06. The molecule has 0 spiro atoms. The molecule has 2 atom stereocenters. The highest BCUT2D eigenvalue weighted by Crippen LogP contribution is 2.44. The van der Waals surface area contributed by atoms with Gasteiger partial charge in [0.1, 0.15) is 5.82 Å². The number of halogens is 3. The number of nitrogens with one attached hydrogen (secondary N) is 1. The highest BCUT2D eigenvalue weighted by molar-refractivity contribution is 5.21. The largest absolute Gasteiger partial charge is 0.313 e. The monoisotopic (exact) mass is 243 g/mol. The second kappa shape index (κ2) is 4.69. The standard InChI is InChI=1S/C13H16F3N/c1-17-12(9-2-4-11(14)5-3-9)10-6-7-13(15,16)8-10/h2-5,10,12,17H,6-8H2,1H3. The fourth-order valence-electron chi connectivity index (χ4n) is 2.61. The molecule has 2 rings (SSSR count). The average Bonchev–Trinajstić information content (AvgIpc) is 2.63. The Labute approximate surface area is 99.0 Å². The van der Waals surface area contributed by atoms with E-state index < -0.39 is 5.92 Å². The molecule has 0 aromatic heterocycles. The maximum atomic E-state index is 13.2. The van der Waals surface area contributed by atoms with Crippen molar-refractivity contribution >= 4 is 0 Å². The van der Waals surface area contributed by atoms with Crippen molar-refractivity contribution in [2.24, 2.45) is 5.92 Å². The van der Waals surface area contributed by atoms with E-state index in [1.165, 1.54) is 12.1 Å². The maximum Gasteiger partial charge on any atom is 0.248 e. The third-order valence-electron chi connectivity index (χ3n) is 3.45. The van der Waals surface area contributed by atoms with Crippen LogP contribution in [0.1, 0.15) is 30.9 Å². The highest BCUT2D eigenvalue weighted by Gasteiger charge is 2.42. The Morgan fingerprint density at radius 1 is 1.29 bits per heavy atom. The van der Waals surface area contributed by atoms with Gasteiger partial charge >= 0.3 is 0 Å². The molecule has 1 saturated carbocycles. The fourth-order valence-corrected chi connectivity index (χ4v) is 2.61. The third-order valence-corrected chi connectivity index (χ3v) is 3.45. The summed E-state index contributed by atoms with van der Waals surface area (Å²) in [6, 6.07) is 5.93. The van der Waals surface area contributed by atoms with E-state index >= 15 is 0 Å². The second-order valence-electron chi connectivity index (χ2n) is 4.68. The molecule has 0 bridgehead atoms. The number of rotatable bonds is 3. The Kier molecular flexibility index (Phi) is 3.43. The average molecular weight is 243 g/mol. The normalized spacial score (nSPS) is 24.8. The van der Waals surface area contributed by atoms with Crippen LogP contribution in [-0.2, 0) is 0 Å². The van der Waals surface area contributed by atoms with E-state index in [-0.39, 0.29) is 30.6 Å². The van der Waals surface area contributed by atoms with E-state index in [1.54, 1.807) is 19.2 Å². The summed E-state index contributed by atoms with van der Waals surface area (Å²) in [5.41, 5.74) is 0.872. The number of benzene rings is 1. The minimum absolute atomic E-state index is 0.0446. The first-order valence-electron chi connectivity index (χ1n) is 5.82. The van der Waals surface area contributed by atoms with Crippen LogP contribution in [0.5, 0.6) is 0 Å². The van der Waals surface area contributed by atoms with Gasteiger partial charge < -0.3 is 5.32 Å². The van der Waals surface area contributed by atoms with Crippen molar-refractivity contribution in [3.05, 3.63) is 35.6 Å². The summed E-state index contributed by atoms with van der Waals surface area (Å²) >= 11 is 0. The quantitative estimate of drug-likeness (QED) is 0.856. The van der Waals surface area contributed by atoms with Crippen molar-refractivity contribution in [1.82, 2.24) is 5.32 Å². The molecule has 1 aromatic rings. The fraction of sp³-hybridized carbons (Fsp3) is 0.538. The first kappa shape index (κ1) is 12.4. The molecule has 1 N–H and O–H groups in total. The Hall–Kier alpha value is -1.03. The van der Waals surface area contributed by atoms with Gasteiger partial charge in [0.15, 0.2) is 0 Å². The lowest BCUT2D eigenvalue weighted by atomic mass is 9.91. The minimum atomic E-state index is -2.54. The summed E-state index contributed by atoms with van der Waals surface area (Å²) < 4.78 is 39.2. The molecular formula is C13H16F3N. The SMILES string of the molecule is CNC(c1ccc(F)cc1)C1CCC(F)(F)C1. The van der Waals surface area contributed by atoms with Crippen molar-refractivity contribution in [3.63, 3.8) is 0 Å². The van der Waals surface area contributed by atoms with Gasteiger partial charge in [-0.2, -0.15) is 0 Å². The summed E-state index contributed by atoms with van der Waals surface area (Å²) in [4.78, 5) is 0. The molecule has 4 heteroatoms. The zero-order chi connectivity index (χ0) is 12.5. The first-order valence-corrected chi connectivity index (χ1v) is 5.82. The molecule has 0 aliphatic heterocycles. The molecule has 1 aliphatic rings. The predicted molar refractivity (Wildman–Crippen MR) is 60.5 cm³/mol. The lowest BCUT2D eigenvalue weighted by molar-refractivity contribution is 0.00340. The van der Waals surface area contributed by atoms with Crippen LogP contribution in [0, 0.1) is 11.7 Å². The molecular weight excluding hydrogens is 227 g/mol. The summed E-state index contributed by atoms with van der Waals surface area (Å²) in [7, 11) is 1.75. The molecule has 94 valence electrons. The molecule has 0 amide bonds. The maximum absolute atomic E-state index is 13.2. The van der Waals surface area contributed by atoms with E-state index in [0.29, 0.717) is 6.42 Å². The van der Waals surface area contributed by atoms with Crippen molar-refractivity contribution in [1.29, 1.82) is 0 Å². The van der Waals surface area contributed by atoms with Crippen LogP contribution in [0.4, 0.5) is 13.2 Å². The van der Waals surface area contributed by atoms with Crippen LogP contribution < -0.4 is 5.32 Å². The number of hydrogen-bond donors (Lipinski definition) is 1. The predicted octanol–water partition coefficient (Wildman–Crippen LogP) is 3.52. The Morgan fingerprint density at radius 2 is 1.94 bits per heavy atom. The topological polar surface area (TPSA) is 12.0 Å². The van der Waals surface area contributed by atoms with Crippen LogP contribution in [0.3, 0.4) is 0 Å². The van der Waals surface area contributed by atoms with Gasteiger partial charge in [-0.05, 0) is 37.1 Å². The summed E-state index contributed by atoms with van der Waals surface area (Å²) in [5.74, 6) is -2.93. The third kappa shape index (κ3) is 2.80. The lowest BCUT2D eigenvalue weighted by Crippen LogP contribution is -2.25. The van der Waals surface area contributed by atoms with Gasteiger partial charge in [0.25, 0.3) is 0 Å². The van der Waals surface area contributed by atoms with Gasteiger partial charge in [-0.3, -0.25) is 0 Å². The molecule has 0 heterocycles. The van der Waals surface area contributed by atoms with E-state index in [4.69, 9.17) is 0 Å². The number of alkyl halides is 2. The minimum Gasteiger partial charge on any atom is -0.313 e. The summed E-state index contributed by atoms with van der Waals surface area (Å²) in [6.45, 7) is 0. The van der Waals surface area contributed by atoms with E-state index in [9.17, 15) is 13.2 Å². The van der Waals surface area contributed by atoms with Crippen LogP contribution >= 0.6 is 0 Å². The molecule has 1 aliphatic carbocycles. The first-order chi connectivity index (χ1) is 8.02. The smallest absolute Gasteiger partial charge is 0.248 e. The van der Waals surface area contributed by atoms with E-state index in [1.807, 2.05) is 0 Å². The Balaban J connectivity index is 2.14. The highest BCUT2D eigenvalue weighted by atomic mass is 19.3. The van der Waals surface area contributed by atoms with Gasteiger partial charge in [-0.15, -0.1) is 0 Å². The molecule has 1 nitrogen and oxygen atoms in total. The summed E-state index contributed by atoms with van der Waals surface area (Å²) in [6.07, 6.45) is 0.378. The van der Waals surface area contributed by atoms with Gasteiger partial charge in [0.2, 0.25) is 5.92 Å². The lowest BCUT2D eigenvalue weighted by Gasteiger charge is -2.23. The molecule has 1 fully saturated rings.